The zero-order valence-corrected chi connectivity index (χ0v) is 13.5. The lowest BCUT2D eigenvalue weighted by molar-refractivity contribution is 0.164. The summed E-state index contributed by atoms with van der Waals surface area (Å²) >= 11 is 0. The van der Waals surface area contributed by atoms with Gasteiger partial charge in [0.1, 0.15) is 0 Å². The first-order valence-corrected chi connectivity index (χ1v) is 10.1. The second-order valence-electron chi connectivity index (χ2n) is 7.24. The molecule has 3 heteroatoms. The Morgan fingerprint density at radius 1 is 1.33 bits per heavy atom. The van der Waals surface area contributed by atoms with Gasteiger partial charge in [-0.1, -0.05) is 33.3 Å². The van der Waals surface area contributed by atoms with Crippen LogP contribution in [0.25, 0.3) is 0 Å². The minimum absolute atomic E-state index is 0.340. The molecule has 18 heavy (non-hydrogen) atoms. The minimum Gasteiger partial charge on any atom is -0.414 e. The van der Waals surface area contributed by atoms with Crippen LogP contribution in [-0.2, 0) is 4.43 Å². The number of hydrogen-bond acceptors (Lipinski definition) is 2. The van der Waals surface area contributed by atoms with Crippen LogP contribution in [0.1, 0.15) is 40.0 Å². The SMILES string of the molecule is CC(C)(C)C[Si](C)(C)O[C@H]1CCC[C@H]1/C=C\C#N. The van der Waals surface area contributed by atoms with Gasteiger partial charge in [-0.25, -0.2) is 0 Å². The van der Waals surface area contributed by atoms with Crippen LogP contribution < -0.4 is 0 Å². The van der Waals surface area contributed by atoms with E-state index in [0.717, 1.165) is 6.42 Å². The molecular formula is C15H27NOSi. The molecule has 0 aliphatic heterocycles. The molecule has 1 aliphatic carbocycles. The number of allylic oxidation sites excluding steroid dienone is 1. The average molecular weight is 265 g/mol. The molecule has 0 saturated heterocycles. The van der Waals surface area contributed by atoms with E-state index in [0.29, 0.717) is 17.4 Å². The molecule has 0 heterocycles. The van der Waals surface area contributed by atoms with Crippen molar-refractivity contribution in [1.82, 2.24) is 0 Å². The molecule has 1 aliphatic rings. The Morgan fingerprint density at radius 3 is 2.56 bits per heavy atom. The van der Waals surface area contributed by atoms with E-state index in [1.165, 1.54) is 18.9 Å². The smallest absolute Gasteiger partial charge is 0.187 e. The molecule has 0 unspecified atom stereocenters. The molecule has 0 radical (unpaired) electrons. The van der Waals surface area contributed by atoms with Gasteiger partial charge in [-0.15, -0.1) is 0 Å². The van der Waals surface area contributed by atoms with E-state index in [2.05, 4.69) is 39.9 Å². The maximum atomic E-state index is 8.63. The summed E-state index contributed by atoms with van der Waals surface area (Å²) in [6.07, 6.45) is 7.55. The molecule has 0 spiro atoms. The molecule has 1 rings (SSSR count). The van der Waals surface area contributed by atoms with E-state index in [-0.39, 0.29) is 0 Å². The predicted octanol–water partition coefficient (Wildman–Crippen LogP) is 4.50. The number of nitriles is 1. The zero-order valence-electron chi connectivity index (χ0n) is 12.5. The quantitative estimate of drug-likeness (QED) is 0.554. The Balaban J connectivity index is 2.60. The summed E-state index contributed by atoms with van der Waals surface area (Å²) in [5.41, 5.74) is 0.340. The van der Waals surface area contributed by atoms with Crippen molar-refractivity contribution in [2.75, 3.05) is 0 Å². The van der Waals surface area contributed by atoms with Crippen LogP contribution in [-0.4, -0.2) is 14.4 Å². The van der Waals surface area contributed by atoms with Gasteiger partial charge in [0.2, 0.25) is 0 Å². The molecule has 1 saturated carbocycles. The lowest BCUT2D eigenvalue weighted by Gasteiger charge is -2.34. The van der Waals surface area contributed by atoms with Crippen LogP contribution in [0.3, 0.4) is 0 Å². The summed E-state index contributed by atoms with van der Waals surface area (Å²) in [6.45, 7) is 11.5. The fourth-order valence-electron chi connectivity index (χ4n) is 3.22. The van der Waals surface area contributed by atoms with E-state index in [1.807, 2.05) is 6.08 Å². The molecule has 0 amide bonds. The van der Waals surface area contributed by atoms with Crippen LogP contribution in [0.4, 0.5) is 0 Å². The Hall–Kier alpha value is -0.593. The van der Waals surface area contributed by atoms with E-state index in [9.17, 15) is 0 Å². The van der Waals surface area contributed by atoms with Gasteiger partial charge in [0.25, 0.3) is 0 Å². The van der Waals surface area contributed by atoms with E-state index in [1.54, 1.807) is 6.08 Å². The molecule has 0 N–H and O–H groups in total. The van der Waals surface area contributed by atoms with Gasteiger partial charge in [0, 0.05) is 12.0 Å². The molecule has 1 fully saturated rings. The van der Waals surface area contributed by atoms with Crippen LogP contribution in [0, 0.1) is 22.7 Å². The molecular weight excluding hydrogens is 238 g/mol. The van der Waals surface area contributed by atoms with Gasteiger partial charge >= 0.3 is 0 Å². The summed E-state index contributed by atoms with van der Waals surface area (Å²) < 4.78 is 6.46. The first kappa shape index (κ1) is 15.5. The Kier molecular flexibility index (Phi) is 5.18. The summed E-state index contributed by atoms with van der Waals surface area (Å²) in [5, 5.41) is 8.63. The third kappa shape index (κ3) is 5.37. The fourth-order valence-corrected chi connectivity index (χ4v) is 6.97. The largest absolute Gasteiger partial charge is 0.414 e. The van der Waals surface area contributed by atoms with Crippen molar-refractivity contribution >= 4 is 8.32 Å². The van der Waals surface area contributed by atoms with Crippen molar-refractivity contribution in [3.63, 3.8) is 0 Å². The topological polar surface area (TPSA) is 33.0 Å². The lowest BCUT2D eigenvalue weighted by Crippen LogP contribution is -2.39. The van der Waals surface area contributed by atoms with Crippen molar-refractivity contribution in [2.24, 2.45) is 11.3 Å². The van der Waals surface area contributed by atoms with Crippen LogP contribution >= 0.6 is 0 Å². The maximum Gasteiger partial charge on any atom is 0.187 e. The van der Waals surface area contributed by atoms with Gasteiger partial charge in [-0.2, -0.15) is 5.26 Å². The Bertz CT molecular complexity index is 335. The number of hydrogen-bond donors (Lipinski definition) is 0. The predicted molar refractivity (Wildman–Crippen MR) is 78.7 cm³/mol. The van der Waals surface area contributed by atoms with E-state index in [4.69, 9.17) is 9.69 Å². The standard InChI is InChI=1S/C15H27NOSi/c1-15(2,3)12-18(4,5)17-14-10-6-8-13(14)9-7-11-16/h7,9,13-14H,6,8,10,12H2,1-5H3/b9-7-/t13-,14-/m0/s1. The number of rotatable bonds is 4. The third-order valence-electron chi connectivity index (χ3n) is 3.35. The van der Waals surface area contributed by atoms with Gasteiger partial charge in [-0.05, 0) is 37.4 Å². The summed E-state index contributed by atoms with van der Waals surface area (Å²) in [6, 6.07) is 3.28. The molecule has 2 atom stereocenters. The monoisotopic (exact) mass is 265 g/mol. The van der Waals surface area contributed by atoms with Crippen molar-refractivity contribution in [3.05, 3.63) is 12.2 Å². The van der Waals surface area contributed by atoms with Crippen LogP contribution in [0.2, 0.25) is 19.1 Å². The molecule has 0 bridgehead atoms. The maximum absolute atomic E-state index is 8.63. The highest BCUT2D eigenvalue weighted by Gasteiger charge is 2.35. The minimum atomic E-state index is -1.60. The highest BCUT2D eigenvalue weighted by atomic mass is 28.4. The molecule has 2 nitrogen and oxygen atoms in total. The highest BCUT2D eigenvalue weighted by molar-refractivity contribution is 6.71. The zero-order chi connectivity index (χ0) is 13.8. The van der Waals surface area contributed by atoms with Crippen LogP contribution in [0.15, 0.2) is 12.2 Å². The summed E-state index contributed by atoms with van der Waals surface area (Å²) in [7, 11) is -1.60. The number of nitrogens with zero attached hydrogens (tertiary/aromatic N) is 1. The van der Waals surface area contributed by atoms with Gasteiger partial charge in [0.05, 0.1) is 12.2 Å². The van der Waals surface area contributed by atoms with Crippen molar-refractivity contribution in [2.45, 2.75) is 65.3 Å². The molecule has 102 valence electrons. The van der Waals surface area contributed by atoms with Gasteiger partial charge in [-0.3, -0.25) is 0 Å². The van der Waals surface area contributed by atoms with Crippen molar-refractivity contribution in [1.29, 1.82) is 5.26 Å². The Morgan fingerprint density at radius 2 is 2.00 bits per heavy atom. The first-order valence-electron chi connectivity index (χ1n) is 6.98. The van der Waals surface area contributed by atoms with Crippen LogP contribution in [0.5, 0.6) is 0 Å². The lowest BCUT2D eigenvalue weighted by atomic mass is 10.0. The molecule has 0 aromatic heterocycles. The fraction of sp³-hybridized carbons (Fsp3) is 0.800. The second-order valence-corrected chi connectivity index (χ2v) is 11.3. The first-order chi connectivity index (χ1) is 8.23. The normalized spacial score (nSPS) is 25.6. The second kappa shape index (κ2) is 6.03. The third-order valence-corrected chi connectivity index (χ3v) is 6.20. The van der Waals surface area contributed by atoms with Gasteiger partial charge in [0.15, 0.2) is 8.32 Å². The summed E-state index contributed by atoms with van der Waals surface area (Å²) in [4.78, 5) is 0. The van der Waals surface area contributed by atoms with Crippen molar-refractivity contribution in [3.8, 4) is 6.07 Å². The van der Waals surface area contributed by atoms with Gasteiger partial charge < -0.3 is 4.43 Å². The molecule has 0 aromatic carbocycles. The summed E-state index contributed by atoms with van der Waals surface area (Å²) in [5.74, 6) is 0.455. The van der Waals surface area contributed by atoms with Crippen molar-refractivity contribution < 1.29 is 4.43 Å². The van der Waals surface area contributed by atoms with E-state index >= 15 is 0 Å². The van der Waals surface area contributed by atoms with E-state index < -0.39 is 8.32 Å². The molecule has 0 aromatic rings. The Labute approximate surface area is 113 Å². The average Bonchev–Trinajstić information content (AvgIpc) is 2.57. The highest BCUT2D eigenvalue weighted by Crippen LogP contribution is 2.35.